The molecule has 0 aromatic heterocycles. The van der Waals surface area contributed by atoms with Crippen molar-refractivity contribution < 1.29 is 27.3 Å². The standard InChI is InChI=1S/C22H16B3N4O3S.C17H14B3N4O3S.C10H8.2C3H8.8C2H6.CH4/c23-20-19-14(11-12-17(21(19)25-24)28-26-15-7-3-1-4-8-15)13-18(33(30,31)32)22(20)29-27-16-9-5-2-6-10-16;1-21-24-17-13(28(25,26)27)9-10-7-8-12(16(20-19)14(10)15(17)18)23-22-11-5-3-2-4-6-11;1-2-6-10-8-4-3-7-9(10)5-1;2*1-3-2;8*1-2;/h1-13,30-32H;2-9,25-27H,1H3;1-8H;2*3H2,1-2H3;8*1-2H3;1H4. The zero-order chi connectivity index (χ0) is 72.0. The van der Waals surface area contributed by atoms with E-state index < -0.39 is 21.7 Å². The molecule has 0 aliphatic rings. The molecule has 6 N–H and O–H groups in total. The molecule has 9 aromatic rings. The summed E-state index contributed by atoms with van der Waals surface area (Å²) in [5.74, 6) is 0. The summed E-state index contributed by atoms with van der Waals surface area (Å²) in [5, 5.41) is 37.3. The van der Waals surface area contributed by atoms with Gasteiger partial charge in [-0.05, 0) is 93.0 Å². The topological polar surface area (TPSA) is 220 Å². The van der Waals surface area contributed by atoms with Crippen LogP contribution in [0, 0.1) is 0 Å². The second-order valence-electron chi connectivity index (χ2n) is 16.5. The van der Waals surface area contributed by atoms with Crippen LogP contribution >= 0.6 is 21.7 Å². The zero-order valence-corrected chi connectivity index (χ0v) is 60.8. The van der Waals surface area contributed by atoms with Gasteiger partial charge in [0.1, 0.15) is 37.4 Å². The first-order valence-electron chi connectivity index (χ1n) is 32.1. The first-order chi connectivity index (χ1) is 45.0. The maximum atomic E-state index is 10.0. The molecule has 10 radical (unpaired) electrons. The SMILES string of the molecule is C.CC.CC.CC.CC.CC.CC.CC.CC.CCC.CCC.[B][B]c1c(N=Nc2ccccc2)ccc2cc(S(O)(O)O)c(N=NC)c([B])c12.[B][B]c1c(N=Nc2ccccc2)ccc2cc(S(O)(O)O)c(N=Nc3ccccc3)c([B])c12.c1ccc2ccccc2c1. The maximum absolute atomic E-state index is 10.0. The van der Waals surface area contributed by atoms with Gasteiger partial charge in [-0.1, -0.05) is 296 Å². The van der Waals surface area contributed by atoms with Crippen molar-refractivity contribution in [2.45, 2.75) is 169 Å². The lowest BCUT2D eigenvalue weighted by Crippen LogP contribution is -2.23. The van der Waals surface area contributed by atoms with E-state index in [2.05, 4.69) is 117 Å². The lowest BCUT2D eigenvalue weighted by Gasteiger charge is -2.24. The Morgan fingerprint density at radius 3 is 0.830 bits per heavy atom. The molecule has 9 rings (SSSR count). The number of fused-ring (bicyclic) bond motifs is 3. The minimum Gasteiger partial charge on any atom is -0.304 e. The maximum Gasteiger partial charge on any atom is 0.117 e. The van der Waals surface area contributed by atoms with Gasteiger partial charge in [-0.15, -0.1) is 5.11 Å². The molecule has 0 amide bonds. The average molecular weight is 1310 g/mol. The van der Waals surface area contributed by atoms with Crippen molar-refractivity contribution in [3.8, 4) is 0 Å². The van der Waals surface area contributed by atoms with Gasteiger partial charge in [0, 0.05) is 22.5 Å². The van der Waals surface area contributed by atoms with E-state index in [-0.39, 0.29) is 39.5 Å². The molecule has 0 aliphatic carbocycles. The third kappa shape index (κ3) is 32.9. The van der Waals surface area contributed by atoms with Crippen LogP contribution in [-0.2, 0) is 0 Å². The van der Waals surface area contributed by atoms with Crippen LogP contribution in [0.15, 0.2) is 227 Å². The van der Waals surface area contributed by atoms with E-state index in [9.17, 15) is 27.3 Å². The Bertz CT molecular complexity index is 3410. The Labute approximate surface area is 577 Å². The Kier molecular flexibility index (Phi) is 59.6. The molecule has 0 bridgehead atoms. The molecule has 22 heteroatoms. The van der Waals surface area contributed by atoms with Crippen molar-refractivity contribution in [1.29, 1.82) is 0 Å². The summed E-state index contributed by atoms with van der Waals surface area (Å²) in [4.78, 5) is -0.460. The molecule has 0 fully saturated rings. The fourth-order valence-corrected chi connectivity index (χ4v) is 8.59. The molecule has 0 atom stereocenters. The number of rotatable bonds is 11. The van der Waals surface area contributed by atoms with Crippen LogP contribution in [0.25, 0.3) is 32.3 Å². The van der Waals surface area contributed by atoms with E-state index in [1.165, 1.54) is 57.1 Å². The van der Waals surface area contributed by atoms with Crippen molar-refractivity contribution >= 4 is 161 Å². The lowest BCUT2D eigenvalue weighted by atomic mass is 9.49. The highest BCUT2D eigenvalue weighted by Gasteiger charge is 2.26. The van der Waals surface area contributed by atoms with E-state index >= 15 is 0 Å². The molecule has 94 heavy (non-hydrogen) atoms. The van der Waals surface area contributed by atoms with Crippen molar-refractivity contribution in [1.82, 2.24) is 0 Å². The van der Waals surface area contributed by atoms with Gasteiger partial charge < -0.3 is 27.3 Å². The van der Waals surface area contributed by atoms with E-state index in [4.69, 9.17) is 31.2 Å². The fraction of sp³-hybridized carbons (Fsp3) is 0.333. The second-order valence-corrected chi connectivity index (χ2v) is 19.5. The zero-order valence-electron chi connectivity index (χ0n) is 59.2. The van der Waals surface area contributed by atoms with Gasteiger partial charge >= 0.3 is 0 Å². The Morgan fingerprint density at radius 2 is 0.585 bits per heavy atom. The molecule has 0 heterocycles. The normalized spacial score (nSPS) is 10.2. The monoisotopic (exact) mass is 1310 g/mol. The van der Waals surface area contributed by atoms with Gasteiger partial charge in [0.15, 0.2) is 0 Å². The molecule has 0 unspecified atom stereocenters. The van der Waals surface area contributed by atoms with Crippen LogP contribution < -0.4 is 21.9 Å². The number of nitrogens with zero attached hydrogens (tertiary/aromatic N) is 8. The van der Waals surface area contributed by atoms with Crippen molar-refractivity contribution in [3.05, 3.63) is 176 Å². The predicted molar refractivity (Wildman–Crippen MR) is 424 cm³/mol. The molecule has 0 spiro atoms. The van der Waals surface area contributed by atoms with E-state index in [0.717, 1.165) is 0 Å². The van der Waals surface area contributed by atoms with Crippen molar-refractivity contribution in [2.75, 3.05) is 7.05 Å². The van der Waals surface area contributed by atoms with Gasteiger partial charge in [0.25, 0.3) is 0 Å². The van der Waals surface area contributed by atoms with Gasteiger partial charge in [-0.25, -0.2) is 0 Å². The van der Waals surface area contributed by atoms with Crippen LogP contribution in [0.1, 0.15) is 159 Å². The largest absolute Gasteiger partial charge is 0.304 e. The summed E-state index contributed by atoms with van der Waals surface area (Å²) in [6.45, 7) is 40.5. The third-order valence-corrected chi connectivity index (χ3v) is 12.3. The molecular weight excluding hydrogens is 1200 g/mol. The van der Waals surface area contributed by atoms with Gasteiger partial charge in [-0.2, -0.15) is 35.8 Å². The number of hydrogen-bond acceptors (Lipinski definition) is 14. The summed E-state index contributed by atoms with van der Waals surface area (Å²) in [6, 6.07) is 53.4. The van der Waals surface area contributed by atoms with Crippen LogP contribution in [0.2, 0.25) is 0 Å². The molecule has 0 aliphatic heterocycles. The van der Waals surface area contributed by atoms with E-state index in [1.807, 2.05) is 178 Å². The highest BCUT2D eigenvalue weighted by Crippen LogP contribution is 2.50. The molecule has 9 aromatic carbocycles. The molecule has 0 saturated carbocycles. The number of azo groups is 4. The second kappa shape index (κ2) is 58.6. The Balaban J connectivity index is -0.000000388. The predicted octanol–water partition coefficient (Wildman–Crippen LogP) is 23.7. The van der Waals surface area contributed by atoms with Crippen molar-refractivity contribution in [2.24, 2.45) is 40.9 Å². The van der Waals surface area contributed by atoms with Crippen LogP contribution in [0.3, 0.4) is 0 Å². The Morgan fingerprint density at radius 1 is 0.340 bits per heavy atom. The summed E-state index contributed by atoms with van der Waals surface area (Å²) < 4.78 is 59.3. The smallest absolute Gasteiger partial charge is 0.117 e. The summed E-state index contributed by atoms with van der Waals surface area (Å²) in [7, 11) is 20.2. The van der Waals surface area contributed by atoms with Gasteiger partial charge in [0.05, 0.1) is 63.9 Å². The number of benzene rings is 9. The molecule has 14 nitrogen and oxygen atoms in total. The first-order valence-corrected chi connectivity index (χ1v) is 35.1. The summed E-state index contributed by atoms with van der Waals surface area (Å²) >= 11 is 0. The van der Waals surface area contributed by atoms with E-state index in [1.54, 1.807) is 48.5 Å². The van der Waals surface area contributed by atoms with E-state index in [0.29, 0.717) is 60.9 Å². The van der Waals surface area contributed by atoms with Gasteiger partial charge in [-0.3, -0.25) is 0 Å². The minimum atomic E-state index is -4.14. The third-order valence-electron chi connectivity index (χ3n) is 10.5. The summed E-state index contributed by atoms with van der Waals surface area (Å²) in [6.07, 6.45) is 2.50. The molecule has 0 saturated heterocycles. The quantitative estimate of drug-likeness (QED) is 0.0546. The molecule has 500 valence electrons. The van der Waals surface area contributed by atoms with Crippen LogP contribution in [0.5, 0.6) is 0 Å². The first kappa shape index (κ1) is 95.7. The Hall–Kier alpha value is -6.99. The lowest BCUT2D eigenvalue weighted by molar-refractivity contribution is 0.374. The average Bonchev–Trinajstić information content (AvgIpc) is 0.765. The fourth-order valence-electron chi connectivity index (χ4n) is 7.20. The summed E-state index contributed by atoms with van der Waals surface area (Å²) in [5.41, 5.74) is 3.76. The highest BCUT2D eigenvalue weighted by molar-refractivity contribution is 8.19. The molecular formula is C72H106B6N8O6S2. The van der Waals surface area contributed by atoms with Crippen LogP contribution in [0.4, 0.5) is 39.8 Å². The van der Waals surface area contributed by atoms with Crippen LogP contribution in [-0.4, -0.2) is 79.9 Å². The number of hydrogen-bond donors (Lipinski definition) is 6. The van der Waals surface area contributed by atoms with Crippen molar-refractivity contribution in [3.63, 3.8) is 0 Å². The minimum absolute atomic E-state index is 0. The van der Waals surface area contributed by atoms with Gasteiger partial charge in [0.2, 0.25) is 0 Å². The highest BCUT2D eigenvalue weighted by atomic mass is 32.3.